The van der Waals surface area contributed by atoms with Gasteiger partial charge in [-0.15, -0.1) is 11.3 Å². The molecule has 4 rings (SSSR count). The predicted octanol–water partition coefficient (Wildman–Crippen LogP) is 4.42. The Labute approximate surface area is 161 Å². The minimum Gasteiger partial charge on any atom is -0.365 e. The van der Waals surface area contributed by atoms with Gasteiger partial charge in [0, 0.05) is 12.6 Å². The molecule has 1 aromatic carbocycles. The molecule has 27 heavy (non-hydrogen) atoms. The second kappa shape index (κ2) is 7.60. The van der Waals surface area contributed by atoms with Crippen LogP contribution in [0.15, 0.2) is 30.6 Å². The molecule has 1 saturated carbocycles. The number of nitrogens with zero attached hydrogens (tertiary/aromatic N) is 2. The highest BCUT2D eigenvalue weighted by atomic mass is 32.1. The highest BCUT2D eigenvalue weighted by molar-refractivity contribution is 7.20. The summed E-state index contributed by atoms with van der Waals surface area (Å²) in [7, 11) is 0. The van der Waals surface area contributed by atoms with Gasteiger partial charge >= 0.3 is 0 Å². The van der Waals surface area contributed by atoms with Gasteiger partial charge in [-0.3, -0.25) is 4.79 Å². The van der Waals surface area contributed by atoms with Gasteiger partial charge in [-0.05, 0) is 43.0 Å². The third-order valence-corrected chi connectivity index (χ3v) is 6.17. The number of carbonyl (C=O) groups is 1. The van der Waals surface area contributed by atoms with Crippen LogP contribution in [0.1, 0.15) is 46.5 Å². The van der Waals surface area contributed by atoms with Crippen molar-refractivity contribution >= 4 is 33.3 Å². The van der Waals surface area contributed by atoms with Gasteiger partial charge in [-0.1, -0.05) is 25.0 Å². The zero-order valence-corrected chi connectivity index (χ0v) is 15.9. The van der Waals surface area contributed by atoms with Crippen LogP contribution in [0.3, 0.4) is 0 Å². The molecule has 1 amide bonds. The Kier molecular flexibility index (Phi) is 5.03. The highest BCUT2D eigenvalue weighted by Crippen LogP contribution is 2.33. The second-order valence-electron chi connectivity index (χ2n) is 6.90. The summed E-state index contributed by atoms with van der Waals surface area (Å²) in [4.78, 5) is 22.8. The van der Waals surface area contributed by atoms with Gasteiger partial charge in [0.25, 0.3) is 5.91 Å². The van der Waals surface area contributed by atoms with Crippen molar-refractivity contribution in [3.8, 4) is 0 Å². The lowest BCUT2D eigenvalue weighted by molar-refractivity contribution is 0.0941. The molecule has 3 aromatic rings. The summed E-state index contributed by atoms with van der Waals surface area (Å²) in [6, 6.07) is 6.73. The number of aromatic nitrogens is 2. The van der Waals surface area contributed by atoms with E-state index < -0.39 is 0 Å². The number of hydrogen-bond donors (Lipinski definition) is 2. The first-order chi connectivity index (χ1) is 13.1. The standard InChI is InChI=1S/C20H21FN4OS/c1-12-16-18(22-10-13-5-4-6-14(21)9-13)23-11-24-20(16)27-17(12)19(26)25-15-7-2-3-8-15/h4-6,9,11,15H,2-3,7-8,10H2,1H3,(H,25,26)(H,22,23,24). The van der Waals surface area contributed by atoms with E-state index in [1.54, 1.807) is 6.07 Å². The molecule has 1 fully saturated rings. The van der Waals surface area contributed by atoms with Crippen LogP contribution in [-0.2, 0) is 6.54 Å². The maximum absolute atomic E-state index is 13.4. The second-order valence-corrected chi connectivity index (χ2v) is 7.90. The molecule has 1 aliphatic rings. The Morgan fingerprint density at radius 3 is 2.89 bits per heavy atom. The summed E-state index contributed by atoms with van der Waals surface area (Å²) in [5, 5.41) is 7.25. The quantitative estimate of drug-likeness (QED) is 0.683. The van der Waals surface area contributed by atoms with Gasteiger partial charge in [0.1, 0.15) is 22.8 Å². The van der Waals surface area contributed by atoms with E-state index in [1.165, 1.54) is 42.6 Å². The Morgan fingerprint density at radius 1 is 1.30 bits per heavy atom. The van der Waals surface area contributed by atoms with Crippen LogP contribution in [0.25, 0.3) is 10.2 Å². The molecule has 0 bridgehead atoms. The number of halogens is 1. The molecule has 2 aromatic heterocycles. The van der Waals surface area contributed by atoms with Crippen molar-refractivity contribution in [2.45, 2.75) is 45.2 Å². The summed E-state index contributed by atoms with van der Waals surface area (Å²) < 4.78 is 13.4. The maximum Gasteiger partial charge on any atom is 0.261 e. The Bertz CT molecular complexity index is 981. The third-order valence-electron chi connectivity index (χ3n) is 4.97. The summed E-state index contributed by atoms with van der Waals surface area (Å²) in [5.41, 5.74) is 1.71. The smallest absolute Gasteiger partial charge is 0.261 e. The lowest BCUT2D eigenvalue weighted by Gasteiger charge is -2.11. The van der Waals surface area contributed by atoms with Crippen LogP contribution >= 0.6 is 11.3 Å². The minimum atomic E-state index is -0.264. The van der Waals surface area contributed by atoms with Crippen molar-refractivity contribution in [1.82, 2.24) is 15.3 Å². The van der Waals surface area contributed by atoms with Crippen molar-refractivity contribution in [3.63, 3.8) is 0 Å². The van der Waals surface area contributed by atoms with Gasteiger partial charge in [-0.2, -0.15) is 0 Å². The molecule has 2 N–H and O–H groups in total. The monoisotopic (exact) mass is 384 g/mol. The number of aryl methyl sites for hydroxylation is 1. The predicted molar refractivity (Wildman–Crippen MR) is 106 cm³/mol. The van der Waals surface area contributed by atoms with Gasteiger partial charge in [-0.25, -0.2) is 14.4 Å². The summed E-state index contributed by atoms with van der Waals surface area (Å²) in [5.74, 6) is 0.371. The van der Waals surface area contributed by atoms with Crippen LogP contribution < -0.4 is 10.6 Å². The lowest BCUT2D eigenvalue weighted by atomic mass is 10.1. The molecule has 0 spiro atoms. The fourth-order valence-electron chi connectivity index (χ4n) is 3.58. The largest absolute Gasteiger partial charge is 0.365 e. The fraction of sp³-hybridized carbons (Fsp3) is 0.350. The SMILES string of the molecule is Cc1c(C(=O)NC2CCCC2)sc2ncnc(NCc3cccc(F)c3)c12. The average molecular weight is 384 g/mol. The first kappa shape index (κ1) is 17.9. The average Bonchev–Trinajstić information content (AvgIpc) is 3.28. The van der Waals surface area contributed by atoms with Crippen molar-refractivity contribution in [1.29, 1.82) is 0 Å². The first-order valence-corrected chi connectivity index (χ1v) is 9.97. The van der Waals surface area contributed by atoms with E-state index in [0.29, 0.717) is 17.2 Å². The Hall–Kier alpha value is -2.54. The topological polar surface area (TPSA) is 66.9 Å². The molecule has 2 heterocycles. The number of fused-ring (bicyclic) bond motifs is 1. The molecule has 0 aliphatic heterocycles. The van der Waals surface area contributed by atoms with Crippen molar-refractivity contribution < 1.29 is 9.18 Å². The van der Waals surface area contributed by atoms with E-state index in [-0.39, 0.29) is 17.8 Å². The molecule has 5 nitrogen and oxygen atoms in total. The molecule has 0 atom stereocenters. The fourth-order valence-corrected chi connectivity index (χ4v) is 4.63. The molecule has 7 heteroatoms. The van der Waals surface area contributed by atoms with Crippen molar-refractivity contribution in [2.24, 2.45) is 0 Å². The van der Waals surface area contributed by atoms with Crippen LogP contribution in [0, 0.1) is 12.7 Å². The minimum absolute atomic E-state index is 0.0292. The van der Waals surface area contributed by atoms with Crippen molar-refractivity contribution in [2.75, 3.05) is 5.32 Å². The van der Waals surface area contributed by atoms with Crippen LogP contribution in [-0.4, -0.2) is 21.9 Å². The molecular formula is C20H21FN4OS. The Balaban J connectivity index is 1.58. The molecule has 0 saturated heterocycles. The van der Waals surface area contributed by atoms with Crippen molar-refractivity contribution in [3.05, 3.63) is 52.4 Å². The first-order valence-electron chi connectivity index (χ1n) is 9.15. The van der Waals surface area contributed by atoms with Gasteiger partial charge in [0.05, 0.1) is 10.3 Å². The zero-order valence-electron chi connectivity index (χ0n) is 15.1. The number of hydrogen-bond acceptors (Lipinski definition) is 5. The molecule has 0 radical (unpaired) electrons. The van der Waals surface area contributed by atoms with Gasteiger partial charge in [0.2, 0.25) is 0 Å². The van der Waals surface area contributed by atoms with Gasteiger partial charge in [0.15, 0.2) is 0 Å². The maximum atomic E-state index is 13.4. The van der Waals surface area contributed by atoms with E-state index in [1.807, 2.05) is 13.0 Å². The van der Waals surface area contributed by atoms with E-state index in [2.05, 4.69) is 20.6 Å². The number of thiophene rings is 1. The lowest BCUT2D eigenvalue weighted by Crippen LogP contribution is -2.32. The van der Waals surface area contributed by atoms with E-state index in [0.717, 1.165) is 34.2 Å². The normalized spacial score (nSPS) is 14.6. The van der Waals surface area contributed by atoms with Gasteiger partial charge < -0.3 is 10.6 Å². The molecule has 1 aliphatic carbocycles. The van der Waals surface area contributed by atoms with Crippen LogP contribution in [0.5, 0.6) is 0 Å². The zero-order chi connectivity index (χ0) is 18.8. The summed E-state index contributed by atoms with van der Waals surface area (Å²) in [6.45, 7) is 2.38. The van der Waals surface area contributed by atoms with E-state index >= 15 is 0 Å². The van der Waals surface area contributed by atoms with E-state index in [4.69, 9.17) is 0 Å². The number of amides is 1. The van der Waals surface area contributed by atoms with E-state index in [9.17, 15) is 9.18 Å². The van der Waals surface area contributed by atoms with Crippen LogP contribution in [0.4, 0.5) is 10.2 Å². The highest BCUT2D eigenvalue weighted by Gasteiger charge is 2.23. The number of nitrogens with one attached hydrogen (secondary N) is 2. The number of carbonyl (C=O) groups excluding carboxylic acids is 1. The van der Waals surface area contributed by atoms with Crippen LogP contribution in [0.2, 0.25) is 0 Å². The summed E-state index contributed by atoms with van der Waals surface area (Å²) in [6.07, 6.45) is 5.95. The molecule has 140 valence electrons. The number of benzene rings is 1. The molecule has 0 unspecified atom stereocenters. The number of rotatable bonds is 5. The third kappa shape index (κ3) is 3.78. The summed E-state index contributed by atoms with van der Waals surface area (Å²) >= 11 is 1.39. The molecular weight excluding hydrogens is 363 g/mol. The Morgan fingerprint density at radius 2 is 2.11 bits per heavy atom. The number of anilines is 1.